The van der Waals surface area contributed by atoms with Crippen molar-refractivity contribution >= 4 is 24.0 Å². The number of hydrogen-bond donors (Lipinski definition) is 3. The number of carbonyl (C=O) groups excluding carboxylic acids is 1. The molecule has 0 bridgehead atoms. The summed E-state index contributed by atoms with van der Waals surface area (Å²) in [5.41, 5.74) is 1.97. The SMILES string of the molecule is Cl.O=C1CCc2c(cccc2OCCCNCCCO)N1. The van der Waals surface area contributed by atoms with Crippen LogP contribution in [0.1, 0.15) is 24.8 Å². The van der Waals surface area contributed by atoms with E-state index in [9.17, 15) is 4.79 Å². The van der Waals surface area contributed by atoms with Gasteiger partial charge in [0.2, 0.25) is 5.91 Å². The quantitative estimate of drug-likeness (QED) is 0.639. The second-order valence-corrected chi connectivity index (χ2v) is 4.86. The first kappa shape index (κ1) is 17.8. The number of fused-ring (bicyclic) bond motifs is 1. The van der Waals surface area contributed by atoms with Gasteiger partial charge in [0.1, 0.15) is 5.75 Å². The molecule has 1 aliphatic rings. The van der Waals surface area contributed by atoms with E-state index in [2.05, 4.69) is 10.6 Å². The minimum absolute atomic E-state index is 0. The van der Waals surface area contributed by atoms with Crippen LogP contribution in [0.4, 0.5) is 5.69 Å². The molecule has 2 rings (SSSR count). The molecular weight excluding hydrogens is 292 g/mol. The lowest BCUT2D eigenvalue weighted by Crippen LogP contribution is -2.21. The lowest BCUT2D eigenvalue weighted by molar-refractivity contribution is -0.116. The molecule has 0 unspecified atom stereocenters. The number of rotatable bonds is 8. The Labute approximate surface area is 131 Å². The summed E-state index contributed by atoms with van der Waals surface area (Å²) >= 11 is 0. The normalized spacial score (nSPS) is 13.1. The Morgan fingerprint density at radius 3 is 2.86 bits per heavy atom. The van der Waals surface area contributed by atoms with Crippen LogP contribution in [0.15, 0.2) is 18.2 Å². The first-order valence-corrected chi connectivity index (χ1v) is 7.17. The first-order chi connectivity index (χ1) is 9.81. The molecule has 0 atom stereocenters. The Balaban J connectivity index is 0.00000220. The monoisotopic (exact) mass is 314 g/mol. The fourth-order valence-corrected chi connectivity index (χ4v) is 2.24. The topological polar surface area (TPSA) is 70.6 Å². The molecule has 0 aromatic heterocycles. The molecule has 0 aliphatic carbocycles. The van der Waals surface area contributed by atoms with Gasteiger partial charge in [-0.2, -0.15) is 0 Å². The van der Waals surface area contributed by atoms with Crippen molar-refractivity contribution in [3.63, 3.8) is 0 Å². The largest absolute Gasteiger partial charge is 0.493 e. The van der Waals surface area contributed by atoms with Crippen LogP contribution >= 0.6 is 12.4 Å². The highest BCUT2D eigenvalue weighted by Crippen LogP contribution is 2.30. The first-order valence-electron chi connectivity index (χ1n) is 7.17. The molecule has 1 heterocycles. The Morgan fingerprint density at radius 2 is 2.05 bits per heavy atom. The molecule has 3 N–H and O–H groups in total. The van der Waals surface area contributed by atoms with Crippen LogP contribution in [-0.2, 0) is 11.2 Å². The number of ether oxygens (including phenoxy) is 1. The summed E-state index contributed by atoms with van der Waals surface area (Å²) in [5.74, 6) is 0.945. The highest BCUT2D eigenvalue weighted by molar-refractivity contribution is 5.94. The molecule has 1 aromatic rings. The van der Waals surface area contributed by atoms with Crippen LogP contribution in [0.5, 0.6) is 5.75 Å². The fourth-order valence-electron chi connectivity index (χ4n) is 2.24. The van der Waals surface area contributed by atoms with Gasteiger partial charge in [0.25, 0.3) is 0 Å². The van der Waals surface area contributed by atoms with Crippen LogP contribution in [0.25, 0.3) is 0 Å². The van der Waals surface area contributed by atoms with Crippen LogP contribution in [0, 0.1) is 0 Å². The highest BCUT2D eigenvalue weighted by atomic mass is 35.5. The second kappa shape index (κ2) is 9.60. The van der Waals surface area contributed by atoms with Crippen LogP contribution < -0.4 is 15.4 Å². The smallest absolute Gasteiger partial charge is 0.224 e. The Morgan fingerprint density at radius 1 is 1.24 bits per heavy atom. The molecule has 0 radical (unpaired) electrons. The highest BCUT2D eigenvalue weighted by Gasteiger charge is 2.17. The van der Waals surface area contributed by atoms with Crippen molar-refractivity contribution in [2.24, 2.45) is 0 Å². The average Bonchev–Trinajstić information content (AvgIpc) is 2.46. The summed E-state index contributed by atoms with van der Waals surface area (Å²) in [7, 11) is 0. The Bertz CT molecular complexity index is 455. The van der Waals surface area contributed by atoms with Crippen molar-refractivity contribution in [1.29, 1.82) is 0 Å². The molecule has 1 aromatic carbocycles. The molecule has 0 saturated heterocycles. The Hall–Kier alpha value is -1.30. The molecule has 5 nitrogen and oxygen atoms in total. The number of aliphatic hydroxyl groups excluding tert-OH is 1. The van der Waals surface area contributed by atoms with E-state index >= 15 is 0 Å². The summed E-state index contributed by atoms with van der Waals surface area (Å²) < 4.78 is 5.81. The van der Waals surface area contributed by atoms with E-state index in [1.807, 2.05) is 18.2 Å². The molecule has 1 aliphatic heterocycles. The van der Waals surface area contributed by atoms with Crippen LogP contribution in [-0.4, -0.2) is 37.3 Å². The van der Waals surface area contributed by atoms with Crippen molar-refractivity contribution in [2.75, 3.05) is 31.6 Å². The molecule has 21 heavy (non-hydrogen) atoms. The van der Waals surface area contributed by atoms with Crippen molar-refractivity contribution < 1.29 is 14.6 Å². The van der Waals surface area contributed by atoms with Crippen molar-refractivity contribution in [3.8, 4) is 5.75 Å². The van der Waals surface area contributed by atoms with Crippen molar-refractivity contribution in [3.05, 3.63) is 23.8 Å². The predicted molar refractivity (Wildman–Crippen MR) is 85.3 cm³/mol. The number of anilines is 1. The fraction of sp³-hybridized carbons (Fsp3) is 0.533. The maximum absolute atomic E-state index is 11.3. The minimum Gasteiger partial charge on any atom is -0.493 e. The summed E-state index contributed by atoms with van der Waals surface area (Å²) in [4.78, 5) is 11.3. The lowest BCUT2D eigenvalue weighted by Gasteiger charge is -2.20. The van der Waals surface area contributed by atoms with Gasteiger partial charge in [-0.25, -0.2) is 0 Å². The third kappa shape index (κ3) is 5.53. The van der Waals surface area contributed by atoms with E-state index in [1.54, 1.807) is 0 Å². The van der Waals surface area contributed by atoms with E-state index in [-0.39, 0.29) is 24.9 Å². The zero-order valence-electron chi connectivity index (χ0n) is 12.1. The summed E-state index contributed by atoms with van der Waals surface area (Å²) in [6.07, 6.45) is 2.97. The van der Waals surface area contributed by atoms with E-state index < -0.39 is 0 Å². The number of carbonyl (C=O) groups is 1. The molecule has 1 amide bonds. The zero-order chi connectivity index (χ0) is 14.2. The predicted octanol–water partition coefficient (Wildman–Crippen LogP) is 1.73. The maximum Gasteiger partial charge on any atom is 0.224 e. The molecular formula is C15H23ClN2O3. The zero-order valence-corrected chi connectivity index (χ0v) is 12.9. The van der Waals surface area contributed by atoms with E-state index in [4.69, 9.17) is 9.84 Å². The third-order valence-corrected chi connectivity index (χ3v) is 3.28. The molecule has 0 spiro atoms. The average molecular weight is 315 g/mol. The van der Waals surface area contributed by atoms with Gasteiger partial charge in [0.05, 0.1) is 6.61 Å². The number of halogens is 1. The van der Waals surface area contributed by atoms with Gasteiger partial charge in [0.15, 0.2) is 0 Å². The second-order valence-electron chi connectivity index (χ2n) is 4.86. The number of amides is 1. The van der Waals surface area contributed by atoms with E-state index in [0.717, 1.165) is 49.4 Å². The number of nitrogens with one attached hydrogen (secondary N) is 2. The van der Waals surface area contributed by atoms with Gasteiger partial charge in [-0.05, 0) is 44.5 Å². The van der Waals surface area contributed by atoms with Crippen molar-refractivity contribution in [1.82, 2.24) is 5.32 Å². The maximum atomic E-state index is 11.3. The third-order valence-electron chi connectivity index (χ3n) is 3.28. The summed E-state index contributed by atoms with van der Waals surface area (Å²) in [6.45, 7) is 2.59. The van der Waals surface area contributed by atoms with E-state index in [1.165, 1.54) is 0 Å². The van der Waals surface area contributed by atoms with Gasteiger partial charge in [-0.3, -0.25) is 4.79 Å². The number of aliphatic hydroxyl groups is 1. The Kier molecular flexibility index (Phi) is 8.12. The summed E-state index contributed by atoms with van der Waals surface area (Å²) in [5, 5.41) is 14.8. The molecule has 0 saturated carbocycles. The van der Waals surface area contributed by atoms with Crippen molar-refractivity contribution in [2.45, 2.75) is 25.7 Å². The molecule has 6 heteroatoms. The number of hydrogen-bond acceptors (Lipinski definition) is 4. The van der Waals surface area contributed by atoms with Crippen LogP contribution in [0.3, 0.4) is 0 Å². The van der Waals surface area contributed by atoms with Gasteiger partial charge in [0, 0.05) is 24.3 Å². The summed E-state index contributed by atoms with van der Waals surface area (Å²) in [6, 6.07) is 5.77. The van der Waals surface area contributed by atoms with Gasteiger partial charge >= 0.3 is 0 Å². The number of benzene rings is 1. The van der Waals surface area contributed by atoms with Gasteiger partial charge in [-0.1, -0.05) is 6.07 Å². The molecule has 118 valence electrons. The molecule has 0 fully saturated rings. The minimum atomic E-state index is 0. The van der Waals surface area contributed by atoms with Gasteiger partial charge < -0.3 is 20.5 Å². The van der Waals surface area contributed by atoms with E-state index in [0.29, 0.717) is 13.0 Å². The lowest BCUT2D eigenvalue weighted by atomic mass is 10.0. The standard InChI is InChI=1S/C15H22N2O3.ClH/c18-10-2-8-16-9-3-11-20-14-5-1-4-13-12(14)6-7-15(19)17-13;/h1,4-5,16,18H,2-3,6-11H2,(H,17,19);1H. The van der Waals surface area contributed by atoms with Crippen LogP contribution in [0.2, 0.25) is 0 Å². The van der Waals surface area contributed by atoms with Gasteiger partial charge in [-0.15, -0.1) is 12.4 Å².